The Bertz CT molecular complexity index is 1310. The van der Waals surface area contributed by atoms with E-state index in [2.05, 4.69) is 10.3 Å². The van der Waals surface area contributed by atoms with Gasteiger partial charge in [0.15, 0.2) is 0 Å². The lowest BCUT2D eigenvalue weighted by atomic mass is 10.1. The predicted molar refractivity (Wildman–Crippen MR) is 118 cm³/mol. The third-order valence-electron chi connectivity index (χ3n) is 4.75. The van der Waals surface area contributed by atoms with Gasteiger partial charge in [-0.2, -0.15) is 0 Å². The van der Waals surface area contributed by atoms with Crippen molar-refractivity contribution in [3.8, 4) is 11.5 Å². The van der Waals surface area contributed by atoms with E-state index in [1.54, 1.807) is 38.5 Å². The molecule has 8 heteroatoms. The first kappa shape index (κ1) is 21.0. The number of halogens is 1. The highest BCUT2D eigenvalue weighted by atomic mass is 19.1. The van der Waals surface area contributed by atoms with Gasteiger partial charge in [-0.25, -0.2) is 9.37 Å². The van der Waals surface area contributed by atoms with Crippen molar-refractivity contribution in [2.24, 2.45) is 0 Å². The van der Waals surface area contributed by atoms with Crippen molar-refractivity contribution in [3.05, 3.63) is 83.5 Å². The molecule has 2 amide bonds. The van der Waals surface area contributed by atoms with Gasteiger partial charge in [0.2, 0.25) is 0 Å². The molecule has 2 heterocycles. The zero-order valence-corrected chi connectivity index (χ0v) is 17.7. The quantitative estimate of drug-likeness (QED) is 0.478. The fourth-order valence-electron chi connectivity index (χ4n) is 3.08. The van der Waals surface area contributed by atoms with Crippen molar-refractivity contribution < 1.29 is 23.1 Å². The molecule has 0 aliphatic rings. The Morgan fingerprint density at radius 2 is 1.91 bits per heavy atom. The molecule has 0 saturated carbocycles. The first-order chi connectivity index (χ1) is 15.3. The number of anilines is 1. The minimum Gasteiger partial charge on any atom is -0.464 e. The van der Waals surface area contributed by atoms with Gasteiger partial charge in [0.1, 0.15) is 28.7 Å². The monoisotopic (exact) mass is 433 g/mol. The molecule has 0 aliphatic carbocycles. The summed E-state index contributed by atoms with van der Waals surface area (Å²) in [7, 11) is 3.09. The largest absolute Gasteiger partial charge is 0.464 e. The second-order valence-electron chi connectivity index (χ2n) is 7.43. The number of aryl methyl sites for hydroxylation is 1. The summed E-state index contributed by atoms with van der Waals surface area (Å²) in [5.41, 5.74) is 1.63. The molecule has 0 aliphatic heterocycles. The van der Waals surface area contributed by atoms with Crippen LogP contribution >= 0.6 is 0 Å². The summed E-state index contributed by atoms with van der Waals surface area (Å²) in [6.07, 6.45) is 3.12. The fourth-order valence-corrected chi connectivity index (χ4v) is 3.08. The number of ether oxygens (including phenoxy) is 1. The average Bonchev–Trinajstić information content (AvgIpc) is 3.24. The number of benzene rings is 2. The van der Waals surface area contributed by atoms with E-state index in [1.165, 1.54) is 29.4 Å². The molecule has 1 N–H and O–H groups in total. The lowest BCUT2D eigenvalue weighted by Crippen LogP contribution is -2.22. The van der Waals surface area contributed by atoms with E-state index >= 15 is 0 Å². The minimum atomic E-state index is -0.705. The molecule has 4 rings (SSSR count). The number of carbonyl (C=O) groups is 2. The van der Waals surface area contributed by atoms with Gasteiger partial charge in [-0.05, 0) is 48.9 Å². The molecule has 0 spiro atoms. The smallest absolute Gasteiger partial charge is 0.257 e. The van der Waals surface area contributed by atoms with Gasteiger partial charge in [0, 0.05) is 31.9 Å². The lowest BCUT2D eigenvalue weighted by molar-refractivity contribution is 0.0822. The predicted octanol–water partition coefficient (Wildman–Crippen LogP) is 5.02. The number of furan rings is 1. The van der Waals surface area contributed by atoms with E-state index in [9.17, 15) is 14.0 Å². The van der Waals surface area contributed by atoms with E-state index in [1.807, 2.05) is 13.0 Å². The highest BCUT2D eigenvalue weighted by Crippen LogP contribution is 2.33. The molecular formula is C24H20FN3O4. The molecule has 0 radical (unpaired) electrons. The van der Waals surface area contributed by atoms with Crippen molar-refractivity contribution >= 4 is 28.6 Å². The van der Waals surface area contributed by atoms with Gasteiger partial charge in [-0.1, -0.05) is 6.07 Å². The van der Waals surface area contributed by atoms with Crippen LogP contribution in [-0.2, 0) is 0 Å². The Hall–Kier alpha value is -4.20. The van der Waals surface area contributed by atoms with E-state index in [-0.39, 0.29) is 16.9 Å². The van der Waals surface area contributed by atoms with Gasteiger partial charge < -0.3 is 19.4 Å². The van der Waals surface area contributed by atoms with Crippen LogP contribution in [0.4, 0.5) is 10.2 Å². The van der Waals surface area contributed by atoms with Crippen LogP contribution in [0.1, 0.15) is 26.3 Å². The van der Waals surface area contributed by atoms with Crippen molar-refractivity contribution in [3.63, 3.8) is 0 Å². The number of hydrogen-bond acceptors (Lipinski definition) is 5. The lowest BCUT2D eigenvalue weighted by Gasteiger charge is -2.13. The maximum Gasteiger partial charge on any atom is 0.257 e. The SMILES string of the molecule is Cc1ccc(NC(=O)c2cc(Oc3ccc(C(=O)N(C)C)c(F)c3)c3ccoc3c2)nc1. The second kappa shape index (κ2) is 8.50. The second-order valence-corrected chi connectivity index (χ2v) is 7.43. The Morgan fingerprint density at radius 1 is 1.09 bits per heavy atom. The van der Waals surface area contributed by atoms with Gasteiger partial charge in [-0.3, -0.25) is 9.59 Å². The fraction of sp³-hybridized carbons (Fsp3) is 0.125. The maximum absolute atomic E-state index is 14.5. The number of carbonyl (C=O) groups excluding carboxylic acids is 2. The summed E-state index contributed by atoms with van der Waals surface area (Å²) in [5.74, 6) is -0.658. The van der Waals surface area contributed by atoms with Gasteiger partial charge in [-0.15, -0.1) is 0 Å². The highest BCUT2D eigenvalue weighted by molar-refractivity contribution is 6.06. The summed E-state index contributed by atoms with van der Waals surface area (Å²) in [4.78, 5) is 30.3. The first-order valence-electron chi connectivity index (χ1n) is 9.76. The Morgan fingerprint density at radius 3 is 2.59 bits per heavy atom. The van der Waals surface area contributed by atoms with E-state index in [0.29, 0.717) is 22.5 Å². The number of amides is 2. The molecule has 0 saturated heterocycles. The number of fused-ring (bicyclic) bond motifs is 1. The van der Waals surface area contributed by atoms with Crippen molar-refractivity contribution in [2.75, 3.05) is 19.4 Å². The minimum absolute atomic E-state index is 0.0606. The standard InChI is InChI=1S/C24H20FN3O4/c1-14-4-7-22(26-13-14)27-23(29)15-10-20-18(8-9-31-20)21(11-15)32-16-5-6-17(19(25)12-16)24(30)28(2)3/h4-13H,1-3H3,(H,26,27,29). The number of rotatable bonds is 5. The number of nitrogens with zero attached hydrogens (tertiary/aromatic N) is 2. The summed E-state index contributed by atoms with van der Waals surface area (Å²) in [5, 5.41) is 3.34. The molecule has 4 aromatic rings. The molecule has 32 heavy (non-hydrogen) atoms. The van der Waals surface area contributed by atoms with Crippen molar-refractivity contribution in [1.82, 2.24) is 9.88 Å². The van der Waals surface area contributed by atoms with Crippen LogP contribution in [0.25, 0.3) is 11.0 Å². The molecule has 2 aromatic heterocycles. The van der Waals surface area contributed by atoms with Crippen LogP contribution < -0.4 is 10.1 Å². The molecule has 7 nitrogen and oxygen atoms in total. The average molecular weight is 433 g/mol. The van der Waals surface area contributed by atoms with Crippen LogP contribution in [0.2, 0.25) is 0 Å². The summed E-state index contributed by atoms with van der Waals surface area (Å²) in [6, 6.07) is 12.3. The third-order valence-corrected chi connectivity index (χ3v) is 4.75. The van der Waals surface area contributed by atoms with Crippen LogP contribution in [0, 0.1) is 12.7 Å². The number of hydrogen-bond donors (Lipinski definition) is 1. The van der Waals surface area contributed by atoms with Crippen LogP contribution in [0.5, 0.6) is 11.5 Å². The zero-order chi connectivity index (χ0) is 22.8. The van der Waals surface area contributed by atoms with Crippen LogP contribution in [-0.4, -0.2) is 35.8 Å². The molecule has 0 unspecified atom stereocenters. The maximum atomic E-state index is 14.5. The van der Waals surface area contributed by atoms with Crippen molar-refractivity contribution in [1.29, 1.82) is 0 Å². The van der Waals surface area contributed by atoms with Crippen LogP contribution in [0.15, 0.2) is 65.4 Å². The molecule has 162 valence electrons. The topological polar surface area (TPSA) is 84.7 Å². The van der Waals surface area contributed by atoms with Crippen molar-refractivity contribution in [2.45, 2.75) is 6.92 Å². The van der Waals surface area contributed by atoms with E-state index in [0.717, 1.165) is 11.6 Å². The zero-order valence-electron chi connectivity index (χ0n) is 17.7. The summed E-state index contributed by atoms with van der Waals surface area (Å²) in [6.45, 7) is 1.90. The van der Waals surface area contributed by atoms with Gasteiger partial charge in [0.25, 0.3) is 11.8 Å². The Kier molecular flexibility index (Phi) is 5.59. The first-order valence-corrected chi connectivity index (χ1v) is 9.76. The number of pyridine rings is 1. The summed E-state index contributed by atoms with van der Waals surface area (Å²) < 4.78 is 25.8. The highest BCUT2D eigenvalue weighted by Gasteiger charge is 2.17. The number of nitrogens with one attached hydrogen (secondary N) is 1. The molecule has 2 aromatic carbocycles. The van der Waals surface area contributed by atoms with Crippen LogP contribution in [0.3, 0.4) is 0 Å². The van der Waals surface area contributed by atoms with Gasteiger partial charge >= 0.3 is 0 Å². The molecular weight excluding hydrogens is 413 g/mol. The molecule has 0 fully saturated rings. The summed E-state index contributed by atoms with van der Waals surface area (Å²) >= 11 is 0. The Labute approximate surface area is 183 Å². The Balaban J connectivity index is 1.63. The van der Waals surface area contributed by atoms with Gasteiger partial charge in [0.05, 0.1) is 17.2 Å². The normalized spacial score (nSPS) is 10.8. The third kappa shape index (κ3) is 4.29. The van der Waals surface area contributed by atoms with E-state index < -0.39 is 17.6 Å². The van der Waals surface area contributed by atoms with E-state index in [4.69, 9.17) is 9.15 Å². The number of aromatic nitrogens is 1. The molecule has 0 bridgehead atoms. The molecule has 0 atom stereocenters.